The third-order valence-electron chi connectivity index (χ3n) is 5.43. The van der Waals surface area contributed by atoms with Gasteiger partial charge in [0, 0.05) is 37.8 Å². The topological polar surface area (TPSA) is 40.9 Å². The number of aryl methyl sites for hydroxylation is 1. The Balaban J connectivity index is 1.41. The first kappa shape index (κ1) is 18.1. The number of carbonyl (C=O) groups excluding carboxylic acids is 1. The minimum Gasteiger partial charge on any atom is -0.370 e. The Labute approximate surface area is 168 Å². The van der Waals surface area contributed by atoms with Crippen LogP contribution in [0.4, 0.5) is 0 Å². The SMILES string of the molecule is Cc1cn2cc(C3=CC(=O)N4C=C(N5CCCPCC5)C=CC4P3)ccc2n1. The summed E-state index contributed by atoms with van der Waals surface area (Å²) < 4.78 is 2.04. The average Bonchev–Trinajstić information content (AvgIpc) is 2.89. The molecular weight excluding hydrogens is 386 g/mol. The second-order valence-electron chi connectivity index (χ2n) is 7.46. The van der Waals surface area contributed by atoms with E-state index in [1.165, 1.54) is 24.4 Å². The maximum Gasteiger partial charge on any atom is 0.252 e. The number of pyridine rings is 1. The molecule has 3 aliphatic rings. The molecule has 0 radical (unpaired) electrons. The summed E-state index contributed by atoms with van der Waals surface area (Å²) in [5.74, 6) is 0.213. The van der Waals surface area contributed by atoms with Gasteiger partial charge < -0.3 is 14.2 Å². The Hall–Kier alpha value is -1.96. The molecule has 3 aliphatic heterocycles. The van der Waals surface area contributed by atoms with Crippen LogP contribution in [0.15, 0.2) is 54.7 Å². The number of aromatic nitrogens is 2. The van der Waals surface area contributed by atoms with E-state index in [9.17, 15) is 4.79 Å². The van der Waals surface area contributed by atoms with Crippen molar-refractivity contribution in [2.45, 2.75) is 19.1 Å². The molecule has 0 aromatic carbocycles. The van der Waals surface area contributed by atoms with E-state index in [0.717, 1.165) is 43.9 Å². The number of rotatable bonds is 2. The van der Waals surface area contributed by atoms with Gasteiger partial charge in [0.05, 0.1) is 17.2 Å². The van der Waals surface area contributed by atoms with Crippen molar-refractivity contribution in [1.82, 2.24) is 19.2 Å². The van der Waals surface area contributed by atoms with Crippen molar-refractivity contribution in [3.63, 3.8) is 0 Å². The molecule has 0 N–H and O–H groups in total. The third-order valence-corrected chi connectivity index (χ3v) is 8.23. The standard InChI is InChI=1S/C21H24N4OP2/c1-15-12-24-13-16(3-5-19(24)22-15)18-11-20(26)25-14-17(4-6-21(25)28-18)23-7-2-9-27-10-8-23/h3-6,11-14,21,27-28H,2,7-10H2,1H3. The van der Waals surface area contributed by atoms with E-state index >= 15 is 0 Å². The maximum absolute atomic E-state index is 12.9. The molecule has 2 aromatic heterocycles. The fourth-order valence-corrected chi connectivity index (χ4v) is 6.46. The number of hydrogen-bond donors (Lipinski definition) is 0. The van der Waals surface area contributed by atoms with Crippen LogP contribution in [0.3, 0.4) is 0 Å². The zero-order valence-corrected chi connectivity index (χ0v) is 17.9. The van der Waals surface area contributed by atoms with Crippen molar-refractivity contribution in [1.29, 1.82) is 0 Å². The molecule has 7 heteroatoms. The smallest absolute Gasteiger partial charge is 0.252 e. The quantitative estimate of drug-likeness (QED) is 0.710. The summed E-state index contributed by atoms with van der Waals surface area (Å²) in [7, 11) is 1.62. The largest absolute Gasteiger partial charge is 0.370 e. The van der Waals surface area contributed by atoms with Crippen LogP contribution in [0.1, 0.15) is 17.7 Å². The lowest BCUT2D eigenvalue weighted by atomic mass is 10.2. The Morgan fingerprint density at radius 2 is 2.11 bits per heavy atom. The van der Waals surface area contributed by atoms with E-state index in [1.54, 1.807) is 0 Å². The lowest BCUT2D eigenvalue weighted by Gasteiger charge is -2.36. The normalized spacial score (nSPS) is 24.5. The second kappa shape index (κ2) is 7.46. The summed E-state index contributed by atoms with van der Waals surface area (Å²) in [6, 6.07) is 4.11. The van der Waals surface area contributed by atoms with E-state index in [1.807, 2.05) is 34.6 Å². The Morgan fingerprint density at radius 3 is 3.04 bits per heavy atom. The number of allylic oxidation sites excluding steroid dienone is 1. The lowest BCUT2D eigenvalue weighted by molar-refractivity contribution is -0.123. The molecule has 0 bridgehead atoms. The zero-order valence-electron chi connectivity index (χ0n) is 15.9. The number of nitrogens with zero attached hydrogens (tertiary/aromatic N) is 4. The molecule has 2 aromatic rings. The predicted octanol–water partition coefficient (Wildman–Crippen LogP) is 3.63. The van der Waals surface area contributed by atoms with Gasteiger partial charge in [0.1, 0.15) is 5.65 Å². The van der Waals surface area contributed by atoms with Crippen LogP contribution in [0.2, 0.25) is 0 Å². The van der Waals surface area contributed by atoms with Crippen molar-refractivity contribution < 1.29 is 4.79 Å². The summed E-state index contributed by atoms with van der Waals surface area (Å²) in [6.45, 7) is 4.20. The fraction of sp³-hybridized carbons (Fsp3) is 0.333. The van der Waals surface area contributed by atoms with Crippen LogP contribution in [-0.2, 0) is 4.79 Å². The molecule has 28 heavy (non-hydrogen) atoms. The van der Waals surface area contributed by atoms with Crippen molar-refractivity contribution in [3.8, 4) is 0 Å². The van der Waals surface area contributed by atoms with Gasteiger partial charge in [-0.15, -0.1) is 8.58 Å². The second-order valence-corrected chi connectivity index (χ2v) is 10.4. The number of fused-ring (bicyclic) bond motifs is 2. The first-order valence-corrected chi connectivity index (χ1v) is 12.3. The van der Waals surface area contributed by atoms with Crippen LogP contribution < -0.4 is 0 Å². The lowest BCUT2D eigenvalue weighted by Crippen LogP contribution is -2.38. The van der Waals surface area contributed by atoms with Gasteiger partial charge in [-0.25, -0.2) is 4.98 Å². The Morgan fingerprint density at radius 1 is 1.18 bits per heavy atom. The van der Waals surface area contributed by atoms with Gasteiger partial charge in [0.25, 0.3) is 5.91 Å². The first-order valence-electron chi connectivity index (χ1n) is 9.79. The van der Waals surface area contributed by atoms with Gasteiger partial charge in [0.15, 0.2) is 0 Å². The molecule has 5 nitrogen and oxygen atoms in total. The van der Waals surface area contributed by atoms with Crippen molar-refractivity contribution in [3.05, 3.63) is 65.9 Å². The molecule has 3 unspecified atom stereocenters. The minimum atomic E-state index is 0.0826. The van der Waals surface area contributed by atoms with E-state index in [2.05, 4.69) is 40.5 Å². The maximum atomic E-state index is 12.9. The number of amides is 1. The molecule has 3 atom stereocenters. The van der Waals surface area contributed by atoms with Gasteiger partial charge in [-0.2, -0.15) is 0 Å². The van der Waals surface area contributed by atoms with E-state index < -0.39 is 0 Å². The number of hydrogen-bond acceptors (Lipinski definition) is 3. The summed E-state index contributed by atoms with van der Waals surface area (Å²) in [6.07, 6.45) is 16.3. The highest BCUT2D eigenvalue weighted by atomic mass is 31.1. The van der Waals surface area contributed by atoms with Gasteiger partial charge in [-0.1, -0.05) is 14.7 Å². The van der Waals surface area contributed by atoms with Crippen LogP contribution >= 0.6 is 17.2 Å². The van der Waals surface area contributed by atoms with Crippen LogP contribution in [-0.4, -0.2) is 56.3 Å². The van der Waals surface area contributed by atoms with Gasteiger partial charge in [-0.05, 0) is 54.8 Å². The zero-order chi connectivity index (χ0) is 19.1. The van der Waals surface area contributed by atoms with Crippen molar-refractivity contribution in [2.24, 2.45) is 0 Å². The summed E-state index contributed by atoms with van der Waals surface area (Å²) in [5, 5.41) is 1.12. The van der Waals surface area contributed by atoms with E-state index in [-0.39, 0.29) is 11.7 Å². The average molecular weight is 410 g/mol. The first-order chi connectivity index (χ1) is 13.7. The summed E-state index contributed by atoms with van der Waals surface area (Å²) >= 11 is 0. The third kappa shape index (κ3) is 3.43. The molecule has 1 amide bonds. The van der Waals surface area contributed by atoms with E-state index in [4.69, 9.17) is 0 Å². The predicted molar refractivity (Wildman–Crippen MR) is 118 cm³/mol. The summed E-state index contributed by atoms with van der Waals surface area (Å²) in [4.78, 5) is 21.8. The Kier molecular flexibility index (Phi) is 4.82. The number of imidazole rings is 1. The van der Waals surface area contributed by atoms with E-state index in [0.29, 0.717) is 8.58 Å². The monoisotopic (exact) mass is 410 g/mol. The highest BCUT2D eigenvalue weighted by molar-refractivity contribution is 7.51. The Bertz CT molecular complexity index is 1010. The molecule has 5 heterocycles. The van der Waals surface area contributed by atoms with Crippen molar-refractivity contribution in [2.75, 3.05) is 25.4 Å². The van der Waals surface area contributed by atoms with Crippen molar-refractivity contribution >= 4 is 34.0 Å². The highest BCUT2D eigenvalue weighted by Gasteiger charge is 2.29. The molecule has 5 rings (SSSR count). The van der Waals surface area contributed by atoms with Gasteiger partial charge >= 0.3 is 0 Å². The van der Waals surface area contributed by atoms with Gasteiger partial charge in [0.2, 0.25) is 0 Å². The van der Waals surface area contributed by atoms with Crippen LogP contribution in [0.25, 0.3) is 11.0 Å². The molecule has 0 aliphatic carbocycles. The molecule has 0 spiro atoms. The summed E-state index contributed by atoms with van der Waals surface area (Å²) in [5.41, 5.74) is 4.24. The molecular formula is C21H24N4OP2. The number of carbonyl (C=O) groups is 1. The molecule has 0 saturated carbocycles. The van der Waals surface area contributed by atoms with Crippen LogP contribution in [0.5, 0.6) is 0 Å². The highest BCUT2D eigenvalue weighted by Crippen LogP contribution is 2.44. The minimum absolute atomic E-state index is 0.0826. The van der Waals surface area contributed by atoms with Crippen LogP contribution in [0, 0.1) is 6.92 Å². The molecule has 1 saturated heterocycles. The fourth-order valence-electron chi connectivity index (χ4n) is 4.00. The van der Waals surface area contributed by atoms with Gasteiger partial charge in [-0.3, -0.25) is 4.79 Å². The molecule has 144 valence electrons. The molecule has 1 fully saturated rings.